The first kappa shape index (κ1) is 21.6. The number of fused-ring (bicyclic) bond motifs is 3. The summed E-state index contributed by atoms with van der Waals surface area (Å²) in [6.07, 6.45) is 0. The maximum atomic E-state index is 13.7. The van der Waals surface area contributed by atoms with Gasteiger partial charge in [0, 0.05) is 16.5 Å². The zero-order valence-corrected chi connectivity index (χ0v) is 20.0. The van der Waals surface area contributed by atoms with Crippen LogP contribution in [-0.4, -0.2) is 21.4 Å². The summed E-state index contributed by atoms with van der Waals surface area (Å²) in [6.45, 7) is 0. The van der Waals surface area contributed by atoms with Crippen LogP contribution in [0.4, 0.5) is 5.69 Å². The third kappa shape index (κ3) is 3.71. The predicted octanol–water partition coefficient (Wildman–Crippen LogP) is 6.77. The van der Waals surface area contributed by atoms with Crippen LogP contribution in [0.1, 0.15) is 26.4 Å². The van der Waals surface area contributed by atoms with E-state index >= 15 is 0 Å². The molecule has 3 heterocycles. The van der Waals surface area contributed by atoms with Crippen LogP contribution in [0.25, 0.3) is 16.7 Å². The molecule has 0 N–H and O–H groups in total. The van der Waals surface area contributed by atoms with Gasteiger partial charge < -0.3 is 4.57 Å². The van der Waals surface area contributed by atoms with Crippen LogP contribution in [0.5, 0.6) is 0 Å². The molecule has 5 nitrogen and oxygen atoms in total. The summed E-state index contributed by atoms with van der Waals surface area (Å²) < 4.78 is 1.81. The lowest BCUT2D eigenvalue weighted by Crippen LogP contribution is -2.30. The van der Waals surface area contributed by atoms with Gasteiger partial charge in [-0.05, 0) is 54.1 Å². The number of anilines is 1. The highest BCUT2D eigenvalue weighted by Gasteiger charge is 2.43. The number of thioether (sulfide) groups is 1. The molecule has 2 amide bonds. The van der Waals surface area contributed by atoms with Crippen LogP contribution >= 0.6 is 23.4 Å². The highest BCUT2D eigenvalue weighted by molar-refractivity contribution is 7.98. The van der Waals surface area contributed by atoms with Crippen molar-refractivity contribution in [2.45, 2.75) is 10.8 Å². The molecule has 6 rings (SSSR count). The van der Waals surface area contributed by atoms with E-state index in [9.17, 15) is 9.59 Å². The number of hydrogen-bond donors (Lipinski definition) is 0. The quantitative estimate of drug-likeness (QED) is 0.199. The Morgan fingerprint density at radius 3 is 2.14 bits per heavy atom. The smallest absolute Gasteiger partial charge is 0.283 e. The number of amides is 2. The van der Waals surface area contributed by atoms with E-state index in [0.717, 1.165) is 16.5 Å². The van der Waals surface area contributed by atoms with Gasteiger partial charge in [0.15, 0.2) is 0 Å². The van der Waals surface area contributed by atoms with Crippen LogP contribution < -0.4 is 4.90 Å². The molecule has 170 valence electrons. The van der Waals surface area contributed by atoms with Gasteiger partial charge in [-0.25, -0.2) is 9.88 Å². The molecule has 1 aliphatic heterocycles. The Bertz CT molecular complexity index is 1580. The summed E-state index contributed by atoms with van der Waals surface area (Å²) in [4.78, 5) is 33.4. The molecule has 7 heteroatoms. The van der Waals surface area contributed by atoms with Crippen molar-refractivity contribution < 1.29 is 9.59 Å². The largest absolute Gasteiger partial charge is 0.303 e. The highest BCUT2D eigenvalue weighted by Crippen LogP contribution is 2.38. The average Bonchev–Trinajstić information content (AvgIpc) is 3.36. The Hall–Kier alpha value is -3.87. The van der Waals surface area contributed by atoms with Crippen LogP contribution in [0.3, 0.4) is 0 Å². The number of hydrogen-bond acceptors (Lipinski definition) is 4. The van der Waals surface area contributed by atoms with Crippen LogP contribution in [0, 0.1) is 0 Å². The van der Waals surface area contributed by atoms with Gasteiger partial charge in [-0.1, -0.05) is 60.1 Å². The van der Waals surface area contributed by atoms with E-state index in [2.05, 4.69) is 12.1 Å². The molecule has 0 spiro atoms. The van der Waals surface area contributed by atoms with E-state index in [1.807, 2.05) is 53.1 Å². The Morgan fingerprint density at radius 2 is 1.43 bits per heavy atom. The molecule has 0 radical (unpaired) electrons. The van der Waals surface area contributed by atoms with Gasteiger partial charge in [-0.3, -0.25) is 9.59 Å². The fourth-order valence-electron chi connectivity index (χ4n) is 4.34. The van der Waals surface area contributed by atoms with Crippen molar-refractivity contribution in [2.75, 3.05) is 4.90 Å². The predicted molar refractivity (Wildman–Crippen MR) is 140 cm³/mol. The van der Waals surface area contributed by atoms with Gasteiger partial charge in [0.05, 0.1) is 21.8 Å². The molecule has 0 bridgehead atoms. The standard InChI is InChI=1S/C28H18ClN3O2S/c29-19-11-13-21(14-12-19)31-22-15-16-23(35-17-18-7-3-1-4-8-18)30-25(22)24-26(31)28(34)32(27(24)33)20-9-5-2-6-10-20/h1-16H,17H2. The summed E-state index contributed by atoms with van der Waals surface area (Å²) in [6, 6.07) is 30.2. The van der Waals surface area contributed by atoms with E-state index in [4.69, 9.17) is 16.6 Å². The summed E-state index contributed by atoms with van der Waals surface area (Å²) in [7, 11) is 0. The lowest BCUT2D eigenvalue weighted by molar-refractivity contribution is 0.0924. The van der Waals surface area contributed by atoms with Crippen molar-refractivity contribution in [3.63, 3.8) is 0 Å². The maximum absolute atomic E-state index is 13.7. The lowest BCUT2D eigenvalue weighted by Gasteiger charge is -2.16. The van der Waals surface area contributed by atoms with Gasteiger partial charge in [0.25, 0.3) is 11.8 Å². The fourth-order valence-corrected chi connectivity index (χ4v) is 5.29. The SMILES string of the molecule is O=C1c2c(n(-c3ccc(Cl)cc3)c3ccc(SCc4ccccc4)nc23)C(=O)N1c1ccccc1. The first-order chi connectivity index (χ1) is 17.1. The number of nitrogens with zero attached hydrogens (tertiary/aromatic N) is 3. The zero-order chi connectivity index (χ0) is 23.9. The number of benzene rings is 3. The van der Waals surface area contributed by atoms with Gasteiger partial charge in [0.1, 0.15) is 11.2 Å². The summed E-state index contributed by atoms with van der Waals surface area (Å²) in [5.74, 6) is 0.0110. The zero-order valence-electron chi connectivity index (χ0n) is 18.4. The first-order valence-corrected chi connectivity index (χ1v) is 12.4. The van der Waals surface area contributed by atoms with Crippen LogP contribution in [-0.2, 0) is 5.75 Å². The van der Waals surface area contributed by atoms with E-state index in [1.165, 1.54) is 10.5 Å². The Morgan fingerprint density at radius 1 is 0.743 bits per heavy atom. The first-order valence-electron chi connectivity index (χ1n) is 11.0. The number of aromatic nitrogens is 2. The molecule has 0 atom stereocenters. The van der Waals surface area contributed by atoms with Crippen molar-refractivity contribution in [1.29, 1.82) is 0 Å². The molecule has 0 unspecified atom stereocenters. The van der Waals surface area contributed by atoms with Crippen molar-refractivity contribution >= 4 is 51.9 Å². The minimum atomic E-state index is -0.373. The molecule has 35 heavy (non-hydrogen) atoms. The second-order valence-corrected chi connectivity index (χ2v) is 9.54. The molecule has 1 aliphatic rings. The molecular formula is C28H18ClN3O2S. The number of para-hydroxylation sites is 1. The Balaban J connectivity index is 1.51. The monoisotopic (exact) mass is 495 g/mol. The number of halogens is 1. The van der Waals surface area contributed by atoms with E-state index in [1.54, 1.807) is 48.2 Å². The third-order valence-electron chi connectivity index (χ3n) is 5.94. The van der Waals surface area contributed by atoms with Gasteiger partial charge in [-0.15, -0.1) is 11.8 Å². The van der Waals surface area contributed by atoms with E-state index in [0.29, 0.717) is 33.0 Å². The van der Waals surface area contributed by atoms with Crippen molar-refractivity contribution in [1.82, 2.24) is 9.55 Å². The van der Waals surface area contributed by atoms with Crippen molar-refractivity contribution in [2.24, 2.45) is 0 Å². The molecule has 0 saturated carbocycles. The molecule has 5 aromatic rings. The van der Waals surface area contributed by atoms with Gasteiger partial charge in [0.2, 0.25) is 0 Å². The van der Waals surface area contributed by atoms with Crippen LogP contribution in [0.15, 0.2) is 102 Å². The Kier molecular flexibility index (Phi) is 5.40. The molecule has 0 aliphatic carbocycles. The van der Waals surface area contributed by atoms with Crippen molar-refractivity contribution in [3.05, 3.63) is 119 Å². The minimum Gasteiger partial charge on any atom is -0.303 e. The third-order valence-corrected chi connectivity index (χ3v) is 7.19. The summed E-state index contributed by atoms with van der Waals surface area (Å²) in [5.41, 5.74) is 4.32. The van der Waals surface area contributed by atoms with Gasteiger partial charge >= 0.3 is 0 Å². The molecule has 0 fully saturated rings. The normalized spacial score (nSPS) is 13.0. The number of carbonyl (C=O) groups is 2. The highest BCUT2D eigenvalue weighted by atomic mass is 35.5. The number of carbonyl (C=O) groups excluding carboxylic acids is 2. The molecular weight excluding hydrogens is 478 g/mol. The second-order valence-electron chi connectivity index (χ2n) is 8.11. The van der Waals surface area contributed by atoms with Crippen molar-refractivity contribution in [3.8, 4) is 5.69 Å². The van der Waals surface area contributed by atoms with Crippen LogP contribution in [0.2, 0.25) is 5.02 Å². The maximum Gasteiger partial charge on any atom is 0.283 e. The number of rotatable bonds is 5. The van der Waals surface area contributed by atoms with Gasteiger partial charge in [-0.2, -0.15) is 0 Å². The fraction of sp³-hybridized carbons (Fsp3) is 0.0357. The number of imide groups is 1. The Labute approximate surface area is 211 Å². The lowest BCUT2D eigenvalue weighted by atomic mass is 10.2. The van der Waals surface area contributed by atoms with E-state index < -0.39 is 0 Å². The molecule has 3 aromatic carbocycles. The molecule has 0 saturated heterocycles. The molecule has 2 aromatic heterocycles. The number of pyridine rings is 1. The second kappa shape index (κ2) is 8.73. The van der Waals surface area contributed by atoms with E-state index in [-0.39, 0.29) is 11.8 Å². The minimum absolute atomic E-state index is 0.314. The summed E-state index contributed by atoms with van der Waals surface area (Å²) in [5, 5.41) is 1.38. The topological polar surface area (TPSA) is 55.2 Å². The average molecular weight is 496 g/mol. The summed E-state index contributed by atoms with van der Waals surface area (Å²) >= 11 is 7.71.